The summed E-state index contributed by atoms with van der Waals surface area (Å²) in [7, 11) is -0.846. The van der Waals surface area contributed by atoms with Crippen LogP contribution in [0.15, 0.2) is 11.6 Å². The van der Waals surface area contributed by atoms with E-state index in [0.717, 1.165) is 12.8 Å². The molecule has 2 unspecified atom stereocenters. The average molecular weight is 345 g/mol. The van der Waals surface area contributed by atoms with Crippen molar-refractivity contribution in [1.29, 1.82) is 0 Å². The summed E-state index contributed by atoms with van der Waals surface area (Å²) in [6, 6.07) is 0. The molecule has 0 amide bonds. The molecular weight excluding hydrogens is 315 g/mol. The molecule has 0 saturated heterocycles. The van der Waals surface area contributed by atoms with E-state index in [-0.39, 0.29) is 6.61 Å². The van der Waals surface area contributed by atoms with Crippen LogP contribution in [-0.2, 0) is 23.4 Å². The SMILES string of the molecule is CCCCCCCCCCCCOC1OC(=O)C=C1CO[PH+]=O. The van der Waals surface area contributed by atoms with Crippen LogP contribution < -0.4 is 0 Å². The lowest BCUT2D eigenvalue weighted by molar-refractivity contribution is -0.159. The minimum absolute atomic E-state index is 0.108. The lowest BCUT2D eigenvalue weighted by Crippen LogP contribution is -2.19. The van der Waals surface area contributed by atoms with E-state index in [1.54, 1.807) is 0 Å². The van der Waals surface area contributed by atoms with Crippen molar-refractivity contribution in [3.05, 3.63) is 11.6 Å². The summed E-state index contributed by atoms with van der Waals surface area (Å²) in [6.07, 6.45) is 13.4. The number of carbonyl (C=O) groups is 1. The zero-order valence-corrected chi connectivity index (χ0v) is 15.2. The van der Waals surface area contributed by atoms with Gasteiger partial charge in [0.2, 0.25) is 6.29 Å². The molecule has 1 aliphatic heterocycles. The molecule has 1 rings (SSSR count). The van der Waals surface area contributed by atoms with Gasteiger partial charge in [0.05, 0.1) is 6.61 Å². The van der Waals surface area contributed by atoms with Gasteiger partial charge in [-0.15, -0.1) is 4.52 Å². The molecule has 0 aliphatic carbocycles. The number of rotatable bonds is 15. The zero-order chi connectivity index (χ0) is 16.8. The summed E-state index contributed by atoms with van der Waals surface area (Å²) in [5.41, 5.74) is 0.602. The van der Waals surface area contributed by atoms with Gasteiger partial charge in [-0.3, -0.25) is 0 Å². The molecule has 0 spiro atoms. The van der Waals surface area contributed by atoms with Gasteiger partial charge < -0.3 is 9.47 Å². The van der Waals surface area contributed by atoms with Crippen molar-refractivity contribution in [3.8, 4) is 0 Å². The van der Waals surface area contributed by atoms with E-state index >= 15 is 0 Å². The fourth-order valence-electron chi connectivity index (χ4n) is 2.58. The largest absolute Gasteiger partial charge is 0.494 e. The van der Waals surface area contributed by atoms with Crippen molar-refractivity contribution in [1.82, 2.24) is 0 Å². The lowest BCUT2D eigenvalue weighted by atomic mass is 10.1. The Morgan fingerprint density at radius 1 is 1.04 bits per heavy atom. The van der Waals surface area contributed by atoms with Crippen LogP contribution in [-0.4, -0.2) is 25.5 Å². The van der Waals surface area contributed by atoms with Crippen molar-refractivity contribution in [2.45, 2.75) is 77.4 Å². The van der Waals surface area contributed by atoms with Gasteiger partial charge in [-0.05, 0) is 11.0 Å². The summed E-state index contributed by atoms with van der Waals surface area (Å²) < 4.78 is 25.7. The summed E-state index contributed by atoms with van der Waals surface area (Å²) in [4.78, 5) is 11.2. The van der Waals surface area contributed by atoms with E-state index in [9.17, 15) is 9.36 Å². The molecule has 1 aliphatic rings. The smallest absolute Gasteiger partial charge is 0.428 e. The van der Waals surface area contributed by atoms with E-state index in [4.69, 9.17) is 14.0 Å². The number of unbranched alkanes of at least 4 members (excludes halogenated alkanes) is 9. The highest BCUT2D eigenvalue weighted by atomic mass is 31.1. The number of hydrogen-bond acceptors (Lipinski definition) is 5. The second-order valence-electron chi connectivity index (χ2n) is 5.91. The highest BCUT2D eigenvalue weighted by molar-refractivity contribution is 7.17. The molecule has 23 heavy (non-hydrogen) atoms. The number of cyclic esters (lactones) is 1. The van der Waals surface area contributed by atoms with Crippen LogP contribution in [0.3, 0.4) is 0 Å². The molecule has 0 aromatic heterocycles. The van der Waals surface area contributed by atoms with Gasteiger partial charge in [-0.2, -0.15) is 0 Å². The molecule has 2 atom stereocenters. The first-order chi connectivity index (χ1) is 11.3. The van der Waals surface area contributed by atoms with E-state index in [1.165, 1.54) is 57.4 Å². The van der Waals surface area contributed by atoms with Crippen LogP contribution >= 0.6 is 8.69 Å². The molecule has 0 N–H and O–H groups in total. The molecule has 0 aromatic carbocycles. The van der Waals surface area contributed by atoms with E-state index in [2.05, 4.69) is 6.92 Å². The summed E-state index contributed by atoms with van der Waals surface area (Å²) >= 11 is 0. The maximum Gasteiger partial charge on any atom is 0.494 e. The highest BCUT2D eigenvalue weighted by Crippen LogP contribution is 2.19. The molecule has 0 fully saturated rings. The zero-order valence-electron chi connectivity index (χ0n) is 14.2. The van der Waals surface area contributed by atoms with Crippen LogP contribution in [0.4, 0.5) is 0 Å². The maximum absolute atomic E-state index is 11.2. The third kappa shape index (κ3) is 9.85. The number of carbonyl (C=O) groups excluding carboxylic acids is 1. The molecule has 6 heteroatoms. The van der Waals surface area contributed by atoms with Gasteiger partial charge in [0.15, 0.2) is 0 Å². The second-order valence-corrected chi connectivity index (χ2v) is 6.37. The van der Waals surface area contributed by atoms with Crippen molar-refractivity contribution >= 4 is 14.7 Å². The van der Waals surface area contributed by atoms with Crippen LogP contribution in [0.25, 0.3) is 0 Å². The molecular formula is C17H30O5P+. The minimum Gasteiger partial charge on any atom is -0.428 e. The Balaban J connectivity index is 1.95. The Labute approximate surface area is 141 Å². The fourth-order valence-corrected chi connectivity index (χ4v) is 2.80. The summed E-state index contributed by atoms with van der Waals surface area (Å²) in [5, 5.41) is 0. The highest BCUT2D eigenvalue weighted by Gasteiger charge is 2.27. The molecule has 0 bridgehead atoms. The van der Waals surface area contributed by atoms with Crippen molar-refractivity contribution in [3.63, 3.8) is 0 Å². The molecule has 1 heterocycles. The standard InChI is InChI=1S/C17H30O5P/c1-2-3-4-5-6-7-8-9-10-11-12-20-17-15(14-21-23-19)13-16(18)22-17/h13,17,23H,2-12,14H2,1H3/q+1. The Bertz CT molecular complexity index is 370. The third-order valence-corrected chi connectivity index (χ3v) is 4.16. The predicted molar refractivity (Wildman–Crippen MR) is 90.7 cm³/mol. The second kappa shape index (κ2) is 13.6. The maximum atomic E-state index is 11.2. The topological polar surface area (TPSA) is 61.8 Å². The van der Waals surface area contributed by atoms with Gasteiger partial charge >= 0.3 is 14.7 Å². The van der Waals surface area contributed by atoms with Gasteiger partial charge in [0.1, 0.15) is 6.61 Å². The van der Waals surface area contributed by atoms with Crippen molar-refractivity contribution in [2.24, 2.45) is 0 Å². The Kier molecular flexibility index (Phi) is 12.0. The molecule has 0 radical (unpaired) electrons. The number of hydrogen-bond donors (Lipinski definition) is 0. The van der Waals surface area contributed by atoms with Crippen LogP contribution in [0.2, 0.25) is 0 Å². The first-order valence-corrected chi connectivity index (χ1v) is 9.61. The van der Waals surface area contributed by atoms with Crippen LogP contribution in [0, 0.1) is 0 Å². The van der Waals surface area contributed by atoms with E-state index in [0.29, 0.717) is 12.2 Å². The minimum atomic E-state index is -0.846. The van der Waals surface area contributed by atoms with Crippen molar-refractivity contribution < 1.29 is 23.4 Å². The predicted octanol–water partition coefficient (Wildman–Crippen LogP) is 4.69. The normalized spacial score (nSPS) is 17.5. The van der Waals surface area contributed by atoms with E-state index in [1.807, 2.05) is 0 Å². The van der Waals surface area contributed by atoms with Gasteiger partial charge in [-0.1, -0.05) is 64.7 Å². The van der Waals surface area contributed by atoms with Gasteiger partial charge in [0.25, 0.3) is 0 Å². The first-order valence-electron chi connectivity index (χ1n) is 8.79. The summed E-state index contributed by atoms with van der Waals surface area (Å²) in [5.74, 6) is -0.425. The van der Waals surface area contributed by atoms with Crippen LogP contribution in [0.5, 0.6) is 0 Å². The lowest BCUT2D eigenvalue weighted by Gasteiger charge is -2.13. The van der Waals surface area contributed by atoms with E-state index < -0.39 is 20.9 Å². The molecule has 132 valence electrons. The molecule has 0 aromatic rings. The van der Waals surface area contributed by atoms with Gasteiger partial charge in [-0.25, -0.2) is 4.79 Å². The third-order valence-electron chi connectivity index (χ3n) is 3.89. The first kappa shape index (κ1) is 20.3. The molecule has 0 saturated carbocycles. The monoisotopic (exact) mass is 345 g/mol. The Hall–Kier alpha value is -0.770. The van der Waals surface area contributed by atoms with Crippen LogP contribution in [0.1, 0.15) is 71.1 Å². The number of esters is 1. The summed E-state index contributed by atoms with van der Waals surface area (Å²) in [6.45, 7) is 2.91. The number of ether oxygens (including phenoxy) is 2. The van der Waals surface area contributed by atoms with Crippen molar-refractivity contribution in [2.75, 3.05) is 13.2 Å². The molecule has 5 nitrogen and oxygen atoms in total. The fraction of sp³-hybridized carbons (Fsp3) is 0.824. The average Bonchev–Trinajstić information content (AvgIpc) is 2.90. The Morgan fingerprint density at radius 2 is 1.65 bits per heavy atom. The quantitative estimate of drug-likeness (QED) is 0.245. The van der Waals surface area contributed by atoms with Gasteiger partial charge in [0, 0.05) is 11.6 Å². The Morgan fingerprint density at radius 3 is 2.26 bits per heavy atom.